The van der Waals surface area contributed by atoms with E-state index in [0.29, 0.717) is 13.2 Å². The molecule has 0 heterocycles. The summed E-state index contributed by atoms with van der Waals surface area (Å²) < 4.78 is 5.82. The van der Waals surface area contributed by atoms with E-state index in [1.54, 1.807) is 19.2 Å². The van der Waals surface area contributed by atoms with Crippen LogP contribution in [0, 0.1) is 0 Å². The van der Waals surface area contributed by atoms with Crippen LogP contribution in [-0.4, -0.2) is 18.1 Å². The first-order chi connectivity index (χ1) is 10.1. The van der Waals surface area contributed by atoms with Gasteiger partial charge >= 0.3 is 0 Å². The summed E-state index contributed by atoms with van der Waals surface area (Å²) in [6.07, 6.45) is 0. The highest BCUT2D eigenvalue weighted by atomic mass is 79.9. The molecule has 1 amide bonds. The molecule has 2 aromatic carbocycles. The summed E-state index contributed by atoms with van der Waals surface area (Å²) >= 11 is 3.28. The molecule has 0 aliphatic carbocycles. The van der Waals surface area contributed by atoms with Gasteiger partial charge in [-0.2, -0.15) is 0 Å². The number of carbonyl (C=O) groups excluding carboxylic acids is 1. The van der Waals surface area contributed by atoms with Gasteiger partial charge < -0.3 is 15.2 Å². The van der Waals surface area contributed by atoms with Gasteiger partial charge in [-0.1, -0.05) is 40.2 Å². The van der Waals surface area contributed by atoms with Crippen LogP contribution in [0.1, 0.15) is 21.5 Å². The van der Waals surface area contributed by atoms with Gasteiger partial charge in [-0.3, -0.25) is 4.79 Å². The maximum atomic E-state index is 12.1. The van der Waals surface area contributed by atoms with Crippen molar-refractivity contribution in [3.8, 4) is 5.75 Å². The normalized spacial score (nSPS) is 10.4. The van der Waals surface area contributed by atoms with E-state index >= 15 is 0 Å². The minimum atomic E-state index is -0.314. The number of ether oxygens (including phenoxy) is 1. The van der Waals surface area contributed by atoms with Crippen LogP contribution in [0.15, 0.2) is 46.9 Å². The minimum absolute atomic E-state index is 0.0381. The SMILES string of the molecule is COCc1cccc(CNC(=O)c2cc(Br)ccc2O)c1. The van der Waals surface area contributed by atoms with Crippen molar-refractivity contribution in [1.29, 1.82) is 0 Å². The summed E-state index contributed by atoms with van der Waals surface area (Å²) in [5, 5.41) is 12.5. The Kier molecular flexibility index (Phi) is 5.36. The van der Waals surface area contributed by atoms with E-state index in [1.165, 1.54) is 6.07 Å². The molecule has 5 heteroatoms. The monoisotopic (exact) mass is 349 g/mol. The number of benzene rings is 2. The van der Waals surface area contributed by atoms with Gasteiger partial charge in [0.15, 0.2) is 0 Å². The van der Waals surface area contributed by atoms with Crippen LogP contribution < -0.4 is 5.32 Å². The Bertz CT molecular complexity index is 643. The first-order valence-electron chi connectivity index (χ1n) is 6.43. The van der Waals surface area contributed by atoms with E-state index in [1.807, 2.05) is 24.3 Å². The van der Waals surface area contributed by atoms with Crippen molar-refractivity contribution in [2.75, 3.05) is 7.11 Å². The van der Waals surface area contributed by atoms with Crippen LogP contribution in [0.25, 0.3) is 0 Å². The van der Waals surface area contributed by atoms with Crippen molar-refractivity contribution in [1.82, 2.24) is 5.32 Å². The fraction of sp³-hybridized carbons (Fsp3) is 0.188. The number of hydrogen-bond donors (Lipinski definition) is 2. The Morgan fingerprint density at radius 2 is 2.00 bits per heavy atom. The number of hydrogen-bond acceptors (Lipinski definition) is 3. The molecule has 0 aromatic heterocycles. The molecule has 0 radical (unpaired) electrons. The van der Waals surface area contributed by atoms with E-state index in [2.05, 4.69) is 21.2 Å². The fourth-order valence-electron chi connectivity index (χ4n) is 1.96. The molecule has 0 bridgehead atoms. The first kappa shape index (κ1) is 15.5. The second kappa shape index (κ2) is 7.24. The number of phenols is 1. The van der Waals surface area contributed by atoms with Crippen LogP contribution in [0.4, 0.5) is 0 Å². The van der Waals surface area contributed by atoms with Crippen LogP contribution in [0.3, 0.4) is 0 Å². The van der Waals surface area contributed by atoms with Crippen molar-refractivity contribution in [3.05, 3.63) is 63.6 Å². The van der Waals surface area contributed by atoms with Gasteiger partial charge in [0.2, 0.25) is 0 Å². The van der Waals surface area contributed by atoms with E-state index in [-0.39, 0.29) is 17.2 Å². The number of halogens is 1. The predicted octanol–water partition coefficient (Wildman–Crippen LogP) is 3.23. The topological polar surface area (TPSA) is 58.6 Å². The molecule has 110 valence electrons. The van der Waals surface area contributed by atoms with Crippen molar-refractivity contribution < 1.29 is 14.6 Å². The predicted molar refractivity (Wildman–Crippen MR) is 84.1 cm³/mol. The van der Waals surface area contributed by atoms with Gasteiger partial charge in [-0.15, -0.1) is 0 Å². The molecular formula is C16H16BrNO3. The molecule has 0 fully saturated rings. The summed E-state index contributed by atoms with van der Waals surface area (Å²) in [7, 11) is 1.64. The Morgan fingerprint density at radius 1 is 1.24 bits per heavy atom. The van der Waals surface area contributed by atoms with Crippen molar-refractivity contribution in [3.63, 3.8) is 0 Å². The zero-order valence-corrected chi connectivity index (χ0v) is 13.2. The second-order valence-electron chi connectivity index (χ2n) is 4.60. The zero-order chi connectivity index (χ0) is 15.2. The molecule has 0 aliphatic heterocycles. The number of amides is 1. The number of carbonyl (C=O) groups is 1. The van der Waals surface area contributed by atoms with Gasteiger partial charge in [-0.05, 0) is 29.3 Å². The smallest absolute Gasteiger partial charge is 0.255 e. The van der Waals surface area contributed by atoms with Crippen LogP contribution in [0.5, 0.6) is 5.75 Å². The summed E-state index contributed by atoms with van der Waals surface area (Å²) in [6.45, 7) is 0.927. The molecule has 0 saturated heterocycles. The molecular weight excluding hydrogens is 334 g/mol. The summed E-state index contributed by atoms with van der Waals surface area (Å²) in [4.78, 5) is 12.1. The third kappa shape index (κ3) is 4.31. The van der Waals surface area contributed by atoms with E-state index < -0.39 is 0 Å². The number of phenolic OH excluding ortho intramolecular Hbond substituents is 1. The second-order valence-corrected chi connectivity index (χ2v) is 5.51. The highest BCUT2D eigenvalue weighted by molar-refractivity contribution is 9.10. The highest BCUT2D eigenvalue weighted by Gasteiger charge is 2.11. The first-order valence-corrected chi connectivity index (χ1v) is 7.23. The third-order valence-corrected chi connectivity index (χ3v) is 3.45. The van der Waals surface area contributed by atoms with Crippen molar-refractivity contribution in [2.24, 2.45) is 0 Å². The fourth-order valence-corrected chi connectivity index (χ4v) is 2.32. The Balaban J connectivity index is 2.04. The molecule has 0 atom stereocenters. The number of methoxy groups -OCH3 is 1. The van der Waals surface area contributed by atoms with Crippen molar-refractivity contribution >= 4 is 21.8 Å². The molecule has 2 rings (SSSR count). The van der Waals surface area contributed by atoms with Gasteiger partial charge in [0, 0.05) is 18.1 Å². The summed E-state index contributed by atoms with van der Waals surface area (Å²) in [5.74, 6) is -0.352. The number of rotatable bonds is 5. The van der Waals surface area contributed by atoms with E-state index in [9.17, 15) is 9.90 Å². The quantitative estimate of drug-likeness (QED) is 0.871. The van der Waals surface area contributed by atoms with Crippen LogP contribution in [-0.2, 0) is 17.9 Å². The van der Waals surface area contributed by atoms with Crippen LogP contribution >= 0.6 is 15.9 Å². The maximum absolute atomic E-state index is 12.1. The molecule has 0 aliphatic rings. The highest BCUT2D eigenvalue weighted by Crippen LogP contribution is 2.21. The molecule has 4 nitrogen and oxygen atoms in total. The third-order valence-electron chi connectivity index (χ3n) is 2.96. The van der Waals surface area contributed by atoms with Crippen LogP contribution in [0.2, 0.25) is 0 Å². The Labute approximate surface area is 131 Å². The maximum Gasteiger partial charge on any atom is 0.255 e. The van der Waals surface area contributed by atoms with Gasteiger partial charge in [0.05, 0.1) is 12.2 Å². The molecule has 2 aromatic rings. The lowest BCUT2D eigenvalue weighted by molar-refractivity contribution is 0.0948. The Hall–Kier alpha value is -1.85. The van der Waals surface area contributed by atoms with Gasteiger partial charge in [0.25, 0.3) is 5.91 Å². The zero-order valence-electron chi connectivity index (χ0n) is 11.6. The minimum Gasteiger partial charge on any atom is -0.507 e. The van der Waals surface area contributed by atoms with Crippen molar-refractivity contribution in [2.45, 2.75) is 13.2 Å². The summed E-state index contributed by atoms with van der Waals surface area (Å²) in [5.41, 5.74) is 2.28. The lowest BCUT2D eigenvalue weighted by atomic mass is 10.1. The standard InChI is InChI=1S/C16H16BrNO3/c1-21-10-12-4-2-3-11(7-12)9-18-16(20)14-8-13(17)5-6-15(14)19/h2-8,19H,9-10H2,1H3,(H,18,20). The molecule has 0 unspecified atom stereocenters. The van der Waals surface area contributed by atoms with E-state index in [4.69, 9.17) is 4.74 Å². The lowest BCUT2D eigenvalue weighted by Crippen LogP contribution is -2.23. The number of nitrogens with one attached hydrogen (secondary N) is 1. The van der Waals surface area contributed by atoms with Gasteiger partial charge in [0.1, 0.15) is 5.75 Å². The lowest BCUT2D eigenvalue weighted by Gasteiger charge is -2.08. The molecule has 2 N–H and O–H groups in total. The summed E-state index contributed by atoms with van der Waals surface area (Å²) in [6, 6.07) is 12.6. The number of aromatic hydroxyl groups is 1. The average Bonchev–Trinajstić information content (AvgIpc) is 2.48. The van der Waals surface area contributed by atoms with E-state index in [0.717, 1.165) is 15.6 Å². The molecule has 0 spiro atoms. The molecule has 21 heavy (non-hydrogen) atoms. The Morgan fingerprint density at radius 3 is 2.76 bits per heavy atom. The van der Waals surface area contributed by atoms with Gasteiger partial charge in [-0.25, -0.2) is 0 Å². The average molecular weight is 350 g/mol. The largest absolute Gasteiger partial charge is 0.507 e. The molecule has 0 saturated carbocycles.